The van der Waals surface area contributed by atoms with E-state index in [4.69, 9.17) is 9.47 Å². The fourth-order valence-electron chi connectivity index (χ4n) is 4.57. The zero-order valence-corrected chi connectivity index (χ0v) is 23.3. The van der Waals surface area contributed by atoms with Crippen LogP contribution in [0.2, 0.25) is 0 Å². The van der Waals surface area contributed by atoms with E-state index < -0.39 is 11.7 Å². The summed E-state index contributed by atoms with van der Waals surface area (Å²) >= 11 is 0. The number of nitrogens with zero attached hydrogens (tertiary/aromatic N) is 5. The molecule has 2 aromatic heterocycles. The maximum atomic E-state index is 13.7. The minimum absolute atomic E-state index is 0.155. The SMILES string of the molecule is CCC(CC)N1C(=O)c2cccc(N=N/C(C(=O)c3ccc(C)n3C)=C(\OC)Oc3ccc(C)n3C)c2C1=O. The molecule has 10 nitrogen and oxygen atoms in total. The molecule has 1 aliphatic heterocycles. The molecule has 0 radical (unpaired) electrons. The Morgan fingerprint density at radius 3 is 2.15 bits per heavy atom. The van der Waals surface area contributed by atoms with Crippen LogP contribution < -0.4 is 4.74 Å². The van der Waals surface area contributed by atoms with E-state index in [9.17, 15) is 14.4 Å². The van der Waals surface area contributed by atoms with Crippen molar-refractivity contribution in [2.75, 3.05) is 7.11 Å². The molecule has 39 heavy (non-hydrogen) atoms. The van der Waals surface area contributed by atoms with Gasteiger partial charge in [0, 0.05) is 37.6 Å². The van der Waals surface area contributed by atoms with Crippen molar-refractivity contribution in [3.05, 3.63) is 82.3 Å². The Morgan fingerprint density at radius 1 is 0.923 bits per heavy atom. The highest BCUT2D eigenvalue weighted by molar-refractivity contribution is 6.23. The molecule has 0 unspecified atom stereocenters. The van der Waals surface area contributed by atoms with E-state index in [2.05, 4.69) is 10.2 Å². The first kappa shape index (κ1) is 27.6. The highest BCUT2D eigenvalue weighted by Gasteiger charge is 2.40. The number of aromatic nitrogens is 2. The number of aryl methyl sites for hydroxylation is 2. The second kappa shape index (κ2) is 11.1. The lowest BCUT2D eigenvalue weighted by Gasteiger charge is -2.23. The highest BCUT2D eigenvalue weighted by atomic mass is 16.7. The number of imide groups is 1. The topological polar surface area (TPSA) is 107 Å². The van der Waals surface area contributed by atoms with Gasteiger partial charge in [0.15, 0.2) is 0 Å². The molecular weight excluding hydrogens is 498 g/mol. The molecular formula is C29H33N5O5. The summed E-state index contributed by atoms with van der Waals surface area (Å²) < 4.78 is 15.0. The van der Waals surface area contributed by atoms with E-state index in [1.807, 2.05) is 46.9 Å². The van der Waals surface area contributed by atoms with Gasteiger partial charge in [-0.25, -0.2) is 0 Å². The highest BCUT2D eigenvalue weighted by Crippen LogP contribution is 2.34. The Balaban J connectivity index is 1.82. The van der Waals surface area contributed by atoms with Crippen LogP contribution in [0.15, 0.2) is 64.3 Å². The molecule has 3 heterocycles. The number of Topliss-reactive ketones (excluding diaryl/α,β-unsaturated/α-hetero) is 1. The zero-order valence-electron chi connectivity index (χ0n) is 23.3. The average molecular weight is 532 g/mol. The number of amides is 2. The van der Waals surface area contributed by atoms with Crippen molar-refractivity contribution >= 4 is 23.3 Å². The van der Waals surface area contributed by atoms with Gasteiger partial charge < -0.3 is 18.6 Å². The van der Waals surface area contributed by atoms with Gasteiger partial charge in [0.05, 0.1) is 29.6 Å². The largest absolute Gasteiger partial charge is 0.467 e. The van der Waals surface area contributed by atoms with Crippen LogP contribution in [0.1, 0.15) is 69.3 Å². The smallest absolute Gasteiger partial charge is 0.318 e. The third-order valence-electron chi connectivity index (χ3n) is 7.21. The van der Waals surface area contributed by atoms with E-state index in [1.165, 1.54) is 12.0 Å². The first-order valence-corrected chi connectivity index (χ1v) is 12.8. The van der Waals surface area contributed by atoms with E-state index in [-0.39, 0.29) is 40.4 Å². The number of azo groups is 1. The summed E-state index contributed by atoms with van der Waals surface area (Å²) in [6, 6.07) is 11.7. The molecule has 0 spiro atoms. The summed E-state index contributed by atoms with van der Waals surface area (Å²) in [6.45, 7) is 7.67. The molecule has 4 rings (SSSR count). The standard InChI is InChI=1S/C29H33N5O5/c1-8-19(9-2)34-27(36)20-11-10-12-21(24(20)28(34)37)30-31-25(26(35)22-15-13-17(3)32(22)5)29(38-7)39-23-16-14-18(4)33(23)6/h10-16,19H,8-9H2,1-7H3/b29-25+,31-30?. The van der Waals surface area contributed by atoms with Gasteiger partial charge >= 0.3 is 5.95 Å². The van der Waals surface area contributed by atoms with Crippen molar-refractivity contribution < 1.29 is 23.9 Å². The van der Waals surface area contributed by atoms with Crippen molar-refractivity contribution in [1.29, 1.82) is 0 Å². The average Bonchev–Trinajstić information content (AvgIpc) is 3.53. The van der Waals surface area contributed by atoms with Crippen molar-refractivity contribution in [2.45, 2.75) is 46.6 Å². The van der Waals surface area contributed by atoms with Crippen LogP contribution >= 0.6 is 0 Å². The van der Waals surface area contributed by atoms with Gasteiger partial charge in [-0.3, -0.25) is 19.3 Å². The van der Waals surface area contributed by atoms with E-state index in [1.54, 1.807) is 46.5 Å². The number of hydrogen-bond acceptors (Lipinski definition) is 7. The molecule has 0 atom stereocenters. The van der Waals surface area contributed by atoms with Gasteiger partial charge in [-0.15, -0.1) is 10.2 Å². The normalized spacial score (nSPS) is 13.9. The molecule has 0 fully saturated rings. The van der Waals surface area contributed by atoms with Crippen LogP contribution in [-0.4, -0.2) is 44.8 Å². The second-order valence-electron chi connectivity index (χ2n) is 9.41. The second-order valence-corrected chi connectivity index (χ2v) is 9.41. The van der Waals surface area contributed by atoms with Gasteiger partial charge in [-0.1, -0.05) is 19.9 Å². The minimum Gasteiger partial charge on any atom is -0.467 e. The predicted octanol–water partition coefficient (Wildman–Crippen LogP) is 5.63. The molecule has 2 amide bonds. The predicted molar refractivity (Wildman–Crippen MR) is 145 cm³/mol. The summed E-state index contributed by atoms with van der Waals surface area (Å²) in [4.78, 5) is 41.5. The fourth-order valence-corrected chi connectivity index (χ4v) is 4.57. The lowest BCUT2D eigenvalue weighted by atomic mass is 10.1. The molecule has 0 aliphatic carbocycles. The Labute approximate surface area is 227 Å². The van der Waals surface area contributed by atoms with Gasteiger partial charge in [-0.05, 0) is 57.0 Å². The minimum atomic E-state index is -0.481. The Bertz CT molecular complexity index is 1510. The van der Waals surface area contributed by atoms with Crippen LogP contribution in [0.4, 0.5) is 5.69 Å². The summed E-state index contributed by atoms with van der Waals surface area (Å²) in [5, 5.41) is 8.57. The fraction of sp³-hybridized carbons (Fsp3) is 0.345. The Morgan fingerprint density at radius 2 is 1.59 bits per heavy atom. The van der Waals surface area contributed by atoms with Gasteiger partial charge in [-0.2, -0.15) is 0 Å². The van der Waals surface area contributed by atoms with E-state index in [0.717, 1.165) is 11.4 Å². The molecule has 3 aromatic rings. The molecule has 0 saturated heterocycles. The number of allylic oxidation sites excluding steroid dienone is 1. The van der Waals surface area contributed by atoms with Crippen molar-refractivity contribution in [2.24, 2.45) is 24.3 Å². The van der Waals surface area contributed by atoms with Gasteiger partial charge in [0.1, 0.15) is 0 Å². The number of ketones is 1. The Kier molecular flexibility index (Phi) is 7.85. The number of carbonyl (C=O) groups excluding carboxylic acids is 3. The summed E-state index contributed by atoms with van der Waals surface area (Å²) in [5.41, 5.74) is 2.59. The summed E-state index contributed by atoms with van der Waals surface area (Å²) in [6.07, 6.45) is 1.28. The van der Waals surface area contributed by atoms with Crippen LogP contribution in [0.25, 0.3) is 0 Å². The first-order valence-electron chi connectivity index (χ1n) is 12.8. The number of hydrogen-bond donors (Lipinski definition) is 0. The molecule has 0 bridgehead atoms. The van der Waals surface area contributed by atoms with E-state index in [0.29, 0.717) is 24.4 Å². The van der Waals surface area contributed by atoms with Gasteiger partial charge in [0.2, 0.25) is 17.4 Å². The number of fused-ring (bicyclic) bond motifs is 1. The van der Waals surface area contributed by atoms with Crippen LogP contribution in [0.3, 0.4) is 0 Å². The number of benzene rings is 1. The van der Waals surface area contributed by atoms with Crippen LogP contribution in [-0.2, 0) is 18.8 Å². The zero-order chi connectivity index (χ0) is 28.4. The quantitative estimate of drug-likeness (QED) is 0.111. The molecule has 204 valence electrons. The molecule has 0 saturated carbocycles. The maximum Gasteiger partial charge on any atom is 0.318 e. The Hall–Kier alpha value is -4.47. The van der Waals surface area contributed by atoms with Crippen molar-refractivity contribution in [1.82, 2.24) is 14.0 Å². The van der Waals surface area contributed by atoms with Crippen molar-refractivity contribution in [3.8, 4) is 5.88 Å². The molecule has 1 aromatic carbocycles. The van der Waals surface area contributed by atoms with Crippen LogP contribution in [0.5, 0.6) is 5.88 Å². The maximum absolute atomic E-state index is 13.7. The van der Waals surface area contributed by atoms with E-state index >= 15 is 0 Å². The monoisotopic (exact) mass is 531 g/mol. The van der Waals surface area contributed by atoms with Crippen molar-refractivity contribution in [3.63, 3.8) is 0 Å². The molecule has 10 heteroatoms. The number of ether oxygens (including phenoxy) is 2. The third-order valence-corrected chi connectivity index (χ3v) is 7.21. The lowest BCUT2D eigenvalue weighted by Crippen LogP contribution is -2.39. The lowest BCUT2D eigenvalue weighted by molar-refractivity contribution is 0.0575. The summed E-state index contributed by atoms with van der Waals surface area (Å²) in [5.74, 6) is -0.971. The third kappa shape index (κ3) is 4.89. The number of carbonyl (C=O) groups is 3. The number of methoxy groups -OCH3 is 1. The summed E-state index contributed by atoms with van der Waals surface area (Å²) in [7, 11) is 4.97. The number of rotatable bonds is 10. The van der Waals surface area contributed by atoms with Gasteiger partial charge in [0.25, 0.3) is 11.8 Å². The molecule has 0 N–H and O–H groups in total. The van der Waals surface area contributed by atoms with Crippen LogP contribution in [0, 0.1) is 13.8 Å². The first-order chi connectivity index (χ1) is 18.6. The molecule has 1 aliphatic rings.